The van der Waals surface area contributed by atoms with Gasteiger partial charge in [-0.1, -0.05) is 6.92 Å². The first-order chi connectivity index (χ1) is 9.22. The fourth-order valence-corrected chi connectivity index (χ4v) is 3.64. The standard InChI is InChI=1S/C15H21N3O/c1-3-14-13-8-16-7-11(13)9-18(14)15(19)12-5-4-6-17-10(12)2/h4-6,11,13-14,16H,3,7-9H2,1-2H3. The van der Waals surface area contributed by atoms with Crippen LogP contribution in [-0.2, 0) is 0 Å². The second-order valence-corrected chi connectivity index (χ2v) is 5.65. The molecule has 2 saturated heterocycles. The maximum atomic E-state index is 12.7. The van der Waals surface area contributed by atoms with Crippen LogP contribution in [0.25, 0.3) is 0 Å². The number of pyridine rings is 1. The predicted octanol–water partition coefficient (Wildman–Crippen LogP) is 1.46. The summed E-state index contributed by atoms with van der Waals surface area (Å²) in [7, 11) is 0. The Morgan fingerprint density at radius 3 is 3.11 bits per heavy atom. The van der Waals surface area contributed by atoms with E-state index >= 15 is 0 Å². The van der Waals surface area contributed by atoms with Crippen LogP contribution in [0.15, 0.2) is 18.3 Å². The summed E-state index contributed by atoms with van der Waals surface area (Å²) in [4.78, 5) is 19.1. The third kappa shape index (κ3) is 2.04. The number of aryl methyl sites for hydroxylation is 1. The molecule has 0 bridgehead atoms. The minimum atomic E-state index is 0.159. The first-order valence-corrected chi connectivity index (χ1v) is 7.15. The summed E-state index contributed by atoms with van der Waals surface area (Å²) < 4.78 is 0. The van der Waals surface area contributed by atoms with E-state index in [1.54, 1.807) is 6.20 Å². The molecular formula is C15H21N3O. The van der Waals surface area contributed by atoms with Crippen molar-refractivity contribution in [1.29, 1.82) is 0 Å². The Balaban J connectivity index is 1.86. The molecule has 1 N–H and O–H groups in total. The number of hydrogen-bond acceptors (Lipinski definition) is 3. The molecular weight excluding hydrogens is 238 g/mol. The lowest BCUT2D eigenvalue weighted by atomic mass is 9.93. The van der Waals surface area contributed by atoms with Gasteiger partial charge in [-0.25, -0.2) is 0 Å². The number of amides is 1. The van der Waals surface area contributed by atoms with Crippen LogP contribution in [0, 0.1) is 18.8 Å². The van der Waals surface area contributed by atoms with E-state index in [1.807, 2.05) is 19.1 Å². The van der Waals surface area contributed by atoms with E-state index in [0.717, 1.165) is 37.3 Å². The van der Waals surface area contributed by atoms with E-state index in [1.165, 1.54) is 0 Å². The zero-order valence-electron chi connectivity index (χ0n) is 11.6. The van der Waals surface area contributed by atoms with Gasteiger partial charge in [0.25, 0.3) is 5.91 Å². The maximum absolute atomic E-state index is 12.7. The van der Waals surface area contributed by atoms with Crippen LogP contribution in [0.3, 0.4) is 0 Å². The van der Waals surface area contributed by atoms with Crippen LogP contribution in [0.2, 0.25) is 0 Å². The summed E-state index contributed by atoms with van der Waals surface area (Å²) in [5.41, 5.74) is 1.59. The van der Waals surface area contributed by atoms with E-state index in [0.29, 0.717) is 17.9 Å². The van der Waals surface area contributed by atoms with Crippen molar-refractivity contribution in [2.45, 2.75) is 26.3 Å². The van der Waals surface area contributed by atoms with Crippen LogP contribution in [0.5, 0.6) is 0 Å². The molecule has 1 aromatic heterocycles. The van der Waals surface area contributed by atoms with Crippen molar-refractivity contribution >= 4 is 5.91 Å². The molecule has 2 aliphatic rings. The highest BCUT2D eigenvalue weighted by molar-refractivity contribution is 5.95. The number of nitrogens with zero attached hydrogens (tertiary/aromatic N) is 2. The lowest BCUT2D eigenvalue weighted by Crippen LogP contribution is -2.39. The molecule has 4 heteroatoms. The third-order valence-electron chi connectivity index (χ3n) is 4.63. The number of nitrogens with one attached hydrogen (secondary N) is 1. The van der Waals surface area contributed by atoms with Gasteiger partial charge in [0.05, 0.1) is 5.56 Å². The van der Waals surface area contributed by atoms with Crippen LogP contribution in [0.4, 0.5) is 0 Å². The molecule has 2 fully saturated rings. The normalized spacial score (nSPS) is 29.6. The predicted molar refractivity (Wildman–Crippen MR) is 73.9 cm³/mol. The molecule has 3 heterocycles. The van der Waals surface area contributed by atoms with E-state index < -0.39 is 0 Å². The lowest BCUT2D eigenvalue weighted by Gasteiger charge is -2.27. The molecule has 0 radical (unpaired) electrons. The SMILES string of the molecule is CCC1C2CNCC2CN1C(=O)c1cccnc1C. The number of aromatic nitrogens is 1. The highest BCUT2D eigenvalue weighted by Crippen LogP contribution is 2.35. The van der Waals surface area contributed by atoms with Gasteiger partial charge < -0.3 is 10.2 Å². The van der Waals surface area contributed by atoms with Gasteiger partial charge in [0.2, 0.25) is 0 Å². The first-order valence-electron chi connectivity index (χ1n) is 7.15. The molecule has 1 amide bonds. The van der Waals surface area contributed by atoms with Gasteiger partial charge >= 0.3 is 0 Å². The summed E-state index contributed by atoms with van der Waals surface area (Å²) >= 11 is 0. The number of rotatable bonds is 2. The third-order valence-corrected chi connectivity index (χ3v) is 4.63. The van der Waals surface area contributed by atoms with Gasteiger partial charge in [0.1, 0.15) is 0 Å². The summed E-state index contributed by atoms with van der Waals surface area (Å²) in [6.07, 6.45) is 2.78. The zero-order chi connectivity index (χ0) is 13.4. The summed E-state index contributed by atoms with van der Waals surface area (Å²) in [6.45, 7) is 7.09. The Hall–Kier alpha value is -1.42. The van der Waals surface area contributed by atoms with Gasteiger partial charge in [-0.05, 0) is 37.3 Å². The van der Waals surface area contributed by atoms with Gasteiger partial charge in [-0.3, -0.25) is 9.78 Å². The molecule has 4 nitrogen and oxygen atoms in total. The fraction of sp³-hybridized carbons (Fsp3) is 0.600. The summed E-state index contributed by atoms with van der Waals surface area (Å²) in [6, 6.07) is 4.12. The Bertz CT molecular complexity index is 488. The van der Waals surface area contributed by atoms with Crippen molar-refractivity contribution in [3.8, 4) is 0 Å². The average molecular weight is 259 g/mol. The van der Waals surface area contributed by atoms with Crippen molar-refractivity contribution in [2.24, 2.45) is 11.8 Å². The monoisotopic (exact) mass is 259 g/mol. The Kier molecular flexibility index (Phi) is 3.27. The highest BCUT2D eigenvalue weighted by Gasteiger charge is 2.45. The van der Waals surface area contributed by atoms with Crippen molar-refractivity contribution in [1.82, 2.24) is 15.2 Å². The van der Waals surface area contributed by atoms with Gasteiger partial charge in [-0.2, -0.15) is 0 Å². The Labute approximate surface area is 114 Å². The Morgan fingerprint density at radius 1 is 1.53 bits per heavy atom. The largest absolute Gasteiger partial charge is 0.335 e. The van der Waals surface area contributed by atoms with Gasteiger partial charge in [0, 0.05) is 37.6 Å². The van der Waals surface area contributed by atoms with Crippen molar-refractivity contribution in [3.05, 3.63) is 29.6 Å². The van der Waals surface area contributed by atoms with Crippen molar-refractivity contribution in [2.75, 3.05) is 19.6 Å². The molecule has 2 aliphatic heterocycles. The molecule has 3 rings (SSSR count). The first kappa shape index (κ1) is 12.6. The van der Waals surface area contributed by atoms with Crippen LogP contribution in [0.1, 0.15) is 29.4 Å². The van der Waals surface area contributed by atoms with Gasteiger partial charge in [-0.15, -0.1) is 0 Å². The van der Waals surface area contributed by atoms with E-state index in [4.69, 9.17) is 0 Å². The lowest BCUT2D eigenvalue weighted by molar-refractivity contribution is 0.0710. The molecule has 0 aromatic carbocycles. The highest BCUT2D eigenvalue weighted by atomic mass is 16.2. The molecule has 3 unspecified atom stereocenters. The smallest absolute Gasteiger partial charge is 0.255 e. The minimum Gasteiger partial charge on any atom is -0.335 e. The van der Waals surface area contributed by atoms with E-state index in [2.05, 4.69) is 22.1 Å². The van der Waals surface area contributed by atoms with Crippen LogP contribution >= 0.6 is 0 Å². The zero-order valence-corrected chi connectivity index (χ0v) is 11.6. The number of carbonyl (C=O) groups excluding carboxylic acids is 1. The summed E-state index contributed by atoms with van der Waals surface area (Å²) in [5, 5.41) is 3.45. The Morgan fingerprint density at radius 2 is 2.37 bits per heavy atom. The average Bonchev–Trinajstić information content (AvgIpc) is 2.98. The van der Waals surface area contributed by atoms with Crippen molar-refractivity contribution in [3.63, 3.8) is 0 Å². The quantitative estimate of drug-likeness (QED) is 0.874. The number of hydrogen-bond donors (Lipinski definition) is 1. The maximum Gasteiger partial charge on any atom is 0.255 e. The van der Waals surface area contributed by atoms with E-state index in [-0.39, 0.29) is 5.91 Å². The number of carbonyl (C=O) groups is 1. The summed E-state index contributed by atoms with van der Waals surface area (Å²) in [5.74, 6) is 1.42. The molecule has 19 heavy (non-hydrogen) atoms. The molecule has 0 saturated carbocycles. The van der Waals surface area contributed by atoms with Crippen LogP contribution < -0.4 is 5.32 Å². The second kappa shape index (κ2) is 4.93. The molecule has 0 aliphatic carbocycles. The second-order valence-electron chi connectivity index (χ2n) is 5.65. The number of fused-ring (bicyclic) bond motifs is 1. The fourth-order valence-electron chi connectivity index (χ4n) is 3.64. The molecule has 1 aromatic rings. The minimum absolute atomic E-state index is 0.159. The van der Waals surface area contributed by atoms with Crippen molar-refractivity contribution < 1.29 is 4.79 Å². The molecule has 3 atom stereocenters. The van der Waals surface area contributed by atoms with E-state index in [9.17, 15) is 4.79 Å². The van der Waals surface area contributed by atoms with Gasteiger partial charge in [0.15, 0.2) is 0 Å². The molecule has 102 valence electrons. The molecule has 0 spiro atoms. The van der Waals surface area contributed by atoms with Crippen LogP contribution in [-0.4, -0.2) is 41.5 Å². The number of likely N-dealkylation sites (tertiary alicyclic amines) is 1. The topological polar surface area (TPSA) is 45.2 Å².